The number of nitrogens with zero attached hydrogens (tertiary/aromatic N) is 2. The number of carbonyl (C=O) groups is 1. The van der Waals surface area contributed by atoms with Crippen molar-refractivity contribution in [2.45, 2.75) is 40.8 Å². The Kier molecular flexibility index (Phi) is 7.51. The van der Waals surface area contributed by atoms with Crippen LogP contribution in [0, 0.1) is 20.8 Å². The molecule has 0 radical (unpaired) electrons. The summed E-state index contributed by atoms with van der Waals surface area (Å²) in [5, 5.41) is 7.72. The number of aromatic nitrogens is 2. The van der Waals surface area contributed by atoms with Crippen molar-refractivity contribution in [2.24, 2.45) is 0 Å². The van der Waals surface area contributed by atoms with E-state index < -0.39 is 0 Å². The minimum atomic E-state index is -0.172. The molecule has 1 heterocycles. The number of carbonyl (C=O) groups excluding carboxylic acids is 1. The molecule has 6 nitrogen and oxygen atoms in total. The minimum Gasteiger partial charge on any atom is -0.494 e. The summed E-state index contributed by atoms with van der Waals surface area (Å²) in [6.07, 6.45) is 0. The van der Waals surface area contributed by atoms with E-state index in [2.05, 4.69) is 29.5 Å². The summed E-state index contributed by atoms with van der Waals surface area (Å²) >= 11 is 0. The molecular weight excluding hydrogens is 438 g/mol. The molecule has 0 spiro atoms. The number of benzene rings is 3. The molecule has 1 N–H and O–H groups in total. The molecule has 3 aromatic carbocycles. The van der Waals surface area contributed by atoms with Gasteiger partial charge in [0.05, 0.1) is 30.2 Å². The highest BCUT2D eigenvalue weighted by Gasteiger charge is 2.16. The fraction of sp³-hybridized carbons (Fsp3) is 0.241. The van der Waals surface area contributed by atoms with Crippen LogP contribution >= 0.6 is 0 Å². The zero-order valence-electron chi connectivity index (χ0n) is 20.7. The second-order valence-corrected chi connectivity index (χ2v) is 8.48. The smallest absolute Gasteiger partial charge is 0.255 e. The van der Waals surface area contributed by atoms with Crippen LogP contribution < -0.4 is 14.8 Å². The van der Waals surface area contributed by atoms with E-state index in [-0.39, 0.29) is 5.91 Å². The van der Waals surface area contributed by atoms with Gasteiger partial charge in [-0.2, -0.15) is 5.10 Å². The van der Waals surface area contributed by atoms with Gasteiger partial charge in [0.2, 0.25) is 0 Å². The van der Waals surface area contributed by atoms with Gasteiger partial charge >= 0.3 is 0 Å². The second kappa shape index (κ2) is 10.9. The Morgan fingerprint density at radius 3 is 2.34 bits per heavy atom. The normalized spacial score (nSPS) is 10.7. The van der Waals surface area contributed by atoms with E-state index in [9.17, 15) is 4.79 Å². The number of amides is 1. The molecular formula is C29H31N3O3. The van der Waals surface area contributed by atoms with Gasteiger partial charge in [-0.3, -0.25) is 9.48 Å². The Morgan fingerprint density at radius 2 is 1.63 bits per heavy atom. The van der Waals surface area contributed by atoms with E-state index in [1.807, 2.05) is 80.1 Å². The third kappa shape index (κ3) is 5.90. The van der Waals surface area contributed by atoms with E-state index in [4.69, 9.17) is 9.47 Å². The van der Waals surface area contributed by atoms with E-state index in [1.54, 1.807) is 6.07 Å². The van der Waals surface area contributed by atoms with Crippen LogP contribution in [-0.2, 0) is 13.2 Å². The highest BCUT2D eigenvalue weighted by atomic mass is 16.5. The molecule has 0 saturated heterocycles. The van der Waals surface area contributed by atoms with Gasteiger partial charge in [-0.15, -0.1) is 0 Å². The highest BCUT2D eigenvalue weighted by molar-refractivity contribution is 6.05. The summed E-state index contributed by atoms with van der Waals surface area (Å²) in [5.74, 6) is 1.39. The molecule has 4 rings (SSSR count). The maximum Gasteiger partial charge on any atom is 0.255 e. The van der Waals surface area contributed by atoms with Gasteiger partial charge in [0.25, 0.3) is 5.91 Å². The van der Waals surface area contributed by atoms with Crippen LogP contribution in [0.1, 0.15) is 45.4 Å². The Labute approximate surface area is 206 Å². The minimum absolute atomic E-state index is 0.172. The van der Waals surface area contributed by atoms with Crippen molar-refractivity contribution in [1.29, 1.82) is 0 Å². The number of rotatable bonds is 9. The van der Waals surface area contributed by atoms with Crippen molar-refractivity contribution in [3.63, 3.8) is 0 Å². The monoisotopic (exact) mass is 469 g/mol. The SMILES string of the molecule is CCOc1ccc(OCc2cccc(C(=O)Nc3c(C)nn(Cc4ccccc4C)c3C)c2)cc1. The summed E-state index contributed by atoms with van der Waals surface area (Å²) in [5.41, 5.74) is 6.37. The molecule has 0 fully saturated rings. The molecule has 35 heavy (non-hydrogen) atoms. The Balaban J connectivity index is 1.42. The number of aryl methyl sites for hydroxylation is 2. The number of nitrogens with one attached hydrogen (secondary N) is 1. The van der Waals surface area contributed by atoms with Crippen LogP contribution in [0.15, 0.2) is 72.8 Å². The molecule has 180 valence electrons. The summed E-state index contributed by atoms with van der Waals surface area (Å²) in [7, 11) is 0. The molecule has 0 bridgehead atoms. The van der Waals surface area contributed by atoms with Crippen molar-refractivity contribution >= 4 is 11.6 Å². The predicted octanol–water partition coefficient (Wildman–Crippen LogP) is 6.09. The lowest BCUT2D eigenvalue weighted by Gasteiger charge is -2.10. The quantitative estimate of drug-likeness (QED) is 0.322. The Hall–Kier alpha value is -4.06. The summed E-state index contributed by atoms with van der Waals surface area (Å²) in [4.78, 5) is 13.1. The van der Waals surface area contributed by atoms with E-state index >= 15 is 0 Å². The van der Waals surface area contributed by atoms with Crippen molar-refractivity contribution < 1.29 is 14.3 Å². The van der Waals surface area contributed by atoms with Crippen LogP contribution in [0.2, 0.25) is 0 Å². The van der Waals surface area contributed by atoms with Gasteiger partial charge in [0.1, 0.15) is 18.1 Å². The Bertz CT molecular complexity index is 1310. The van der Waals surface area contributed by atoms with Crippen molar-refractivity contribution in [3.8, 4) is 11.5 Å². The summed E-state index contributed by atoms with van der Waals surface area (Å²) < 4.78 is 13.3. The number of anilines is 1. The van der Waals surface area contributed by atoms with Crippen molar-refractivity contribution in [1.82, 2.24) is 9.78 Å². The molecule has 0 saturated carbocycles. The van der Waals surface area contributed by atoms with Gasteiger partial charge < -0.3 is 14.8 Å². The summed E-state index contributed by atoms with van der Waals surface area (Å²) in [6.45, 7) is 9.59. The topological polar surface area (TPSA) is 65.4 Å². The molecule has 0 aliphatic rings. The first-order valence-electron chi connectivity index (χ1n) is 11.8. The van der Waals surface area contributed by atoms with Crippen LogP contribution in [0.4, 0.5) is 5.69 Å². The third-order valence-electron chi connectivity index (χ3n) is 5.93. The van der Waals surface area contributed by atoms with Crippen LogP contribution in [0.3, 0.4) is 0 Å². The number of hydrogen-bond donors (Lipinski definition) is 1. The maximum atomic E-state index is 13.1. The summed E-state index contributed by atoms with van der Waals surface area (Å²) in [6, 6.07) is 23.2. The average molecular weight is 470 g/mol. The van der Waals surface area contributed by atoms with Crippen LogP contribution in [0.25, 0.3) is 0 Å². The maximum absolute atomic E-state index is 13.1. The standard InChI is InChI=1S/C29H31N3O3/c1-5-34-26-13-15-27(16-14-26)35-19-23-10-8-12-24(17-23)29(33)30-28-21(3)31-32(22(28)4)18-25-11-7-6-9-20(25)2/h6-17H,5,18-19H2,1-4H3,(H,30,33). The molecule has 0 unspecified atom stereocenters. The van der Waals surface area contributed by atoms with Crippen LogP contribution in [-0.4, -0.2) is 22.3 Å². The van der Waals surface area contributed by atoms with Crippen LogP contribution in [0.5, 0.6) is 11.5 Å². The molecule has 0 atom stereocenters. The van der Waals surface area contributed by atoms with Gasteiger partial charge in [-0.25, -0.2) is 0 Å². The predicted molar refractivity (Wildman–Crippen MR) is 138 cm³/mol. The zero-order chi connectivity index (χ0) is 24.8. The van der Waals surface area contributed by atoms with Gasteiger partial charge in [-0.1, -0.05) is 36.4 Å². The first-order chi connectivity index (χ1) is 16.9. The molecule has 1 aromatic heterocycles. The van der Waals surface area contributed by atoms with Crippen molar-refractivity contribution in [2.75, 3.05) is 11.9 Å². The lowest BCUT2D eigenvalue weighted by Crippen LogP contribution is -2.14. The third-order valence-corrected chi connectivity index (χ3v) is 5.93. The molecule has 0 aliphatic heterocycles. The second-order valence-electron chi connectivity index (χ2n) is 8.48. The molecule has 0 aliphatic carbocycles. The van der Waals surface area contributed by atoms with E-state index in [0.717, 1.165) is 34.1 Å². The number of hydrogen-bond acceptors (Lipinski definition) is 4. The van der Waals surface area contributed by atoms with Gasteiger partial charge in [0, 0.05) is 5.56 Å². The fourth-order valence-corrected chi connectivity index (χ4v) is 3.93. The first kappa shape index (κ1) is 24.1. The molecule has 6 heteroatoms. The van der Waals surface area contributed by atoms with Gasteiger partial charge in [0.15, 0.2) is 0 Å². The highest BCUT2D eigenvalue weighted by Crippen LogP contribution is 2.23. The molecule has 4 aromatic rings. The van der Waals surface area contributed by atoms with E-state index in [0.29, 0.717) is 25.3 Å². The largest absolute Gasteiger partial charge is 0.494 e. The fourth-order valence-electron chi connectivity index (χ4n) is 3.93. The average Bonchev–Trinajstić information content (AvgIpc) is 3.12. The lowest BCUT2D eigenvalue weighted by atomic mass is 10.1. The first-order valence-corrected chi connectivity index (χ1v) is 11.8. The van der Waals surface area contributed by atoms with Crippen molar-refractivity contribution in [3.05, 3.63) is 106 Å². The van der Waals surface area contributed by atoms with E-state index in [1.165, 1.54) is 11.1 Å². The zero-order valence-corrected chi connectivity index (χ0v) is 20.7. The van der Waals surface area contributed by atoms with Gasteiger partial charge in [-0.05, 0) is 80.8 Å². The number of ether oxygens (including phenoxy) is 2. The lowest BCUT2D eigenvalue weighted by molar-refractivity contribution is 0.102. The Morgan fingerprint density at radius 1 is 0.914 bits per heavy atom. The molecule has 1 amide bonds.